The van der Waals surface area contributed by atoms with E-state index in [1.54, 1.807) is 0 Å². The van der Waals surface area contributed by atoms with Gasteiger partial charge in [0.25, 0.3) is 0 Å². The lowest BCUT2D eigenvalue weighted by atomic mass is 10.0. The standard InChI is InChI=1S/C13H18ClN/c1-3-10(2)15-13(8-9-13)11-6-4-5-7-12(11)14/h4-7,10,15H,3,8-9H2,1-2H3. The molecule has 1 saturated carbocycles. The minimum Gasteiger partial charge on any atom is -0.305 e. The molecule has 1 aliphatic rings. The summed E-state index contributed by atoms with van der Waals surface area (Å²) in [5.74, 6) is 0. The van der Waals surface area contributed by atoms with E-state index in [4.69, 9.17) is 11.6 Å². The van der Waals surface area contributed by atoms with Crippen molar-refractivity contribution >= 4 is 11.6 Å². The van der Waals surface area contributed by atoms with Crippen LogP contribution >= 0.6 is 11.6 Å². The van der Waals surface area contributed by atoms with Gasteiger partial charge in [-0.2, -0.15) is 0 Å². The van der Waals surface area contributed by atoms with Crippen LogP contribution in [0.1, 0.15) is 38.7 Å². The summed E-state index contributed by atoms with van der Waals surface area (Å²) in [6, 6.07) is 8.74. The summed E-state index contributed by atoms with van der Waals surface area (Å²) >= 11 is 6.24. The normalized spacial score (nSPS) is 19.9. The third-order valence-corrected chi connectivity index (χ3v) is 3.60. The molecule has 2 heteroatoms. The highest BCUT2D eigenvalue weighted by Crippen LogP contribution is 2.48. The second-order valence-electron chi connectivity index (χ2n) is 4.52. The van der Waals surface area contributed by atoms with Crippen molar-refractivity contribution in [1.82, 2.24) is 5.32 Å². The number of hydrogen-bond acceptors (Lipinski definition) is 1. The maximum atomic E-state index is 6.24. The molecule has 0 aromatic heterocycles. The summed E-state index contributed by atoms with van der Waals surface area (Å²) < 4.78 is 0. The van der Waals surface area contributed by atoms with Crippen LogP contribution in [-0.2, 0) is 5.54 Å². The molecule has 1 nitrogen and oxygen atoms in total. The zero-order valence-corrected chi connectivity index (χ0v) is 10.1. The van der Waals surface area contributed by atoms with Crippen molar-refractivity contribution in [3.63, 3.8) is 0 Å². The Morgan fingerprint density at radius 1 is 1.40 bits per heavy atom. The van der Waals surface area contributed by atoms with Crippen molar-refractivity contribution in [1.29, 1.82) is 0 Å². The number of rotatable bonds is 4. The van der Waals surface area contributed by atoms with Crippen LogP contribution in [-0.4, -0.2) is 6.04 Å². The van der Waals surface area contributed by atoms with Gasteiger partial charge in [0.2, 0.25) is 0 Å². The average Bonchev–Trinajstić information content (AvgIpc) is 2.99. The first-order valence-corrected chi connectivity index (χ1v) is 6.08. The molecular weight excluding hydrogens is 206 g/mol. The summed E-state index contributed by atoms with van der Waals surface area (Å²) in [7, 11) is 0. The van der Waals surface area contributed by atoms with E-state index in [0.29, 0.717) is 6.04 Å². The monoisotopic (exact) mass is 223 g/mol. The molecule has 0 aliphatic heterocycles. The molecule has 82 valence electrons. The van der Waals surface area contributed by atoms with Crippen LogP contribution in [0.5, 0.6) is 0 Å². The lowest BCUT2D eigenvalue weighted by Crippen LogP contribution is -2.36. The highest BCUT2D eigenvalue weighted by Gasteiger charge is 2.45. The first-order chi connectivity index (χ1) is 7.18. The van der Waals surface area contributed by atoms with Crippen molar-refractivity contribution in [3.05, 3.63) is 34.9 Å². The molecule has 0 bridgehead atoms. The molecule has 1 aromatic carbocycles. The molecule has 2 rings (SSSR count). The highest BCUT2D eigenvalue weighted by molar-refractivity contribution is 6.31. The van der Waals surface area contributed by atoms with E-state index in [1.165, 1.54) is 18.4 Å². The third kappa shape index (κ3) is 2.19. The van der Waals surface area contributed by atoms with Gasteiger partial charge >= 0.3 is 0 Å². The number of halogens is 1. The van der Waals surface area contributed by atoms with Crippen molar-refractivity contribution in [2.75, 3.05) is 0 Å². The van der Waals surface area contributed by atoms with Crippen LogP contribution in [0.4, 0.5) is 0 Å². The number of hydrogen-bond donors (Lipinski definition) is 1. The molecule has 0 saturated heterocycles. The van der Waals surface area contributed by atoms with E-state index < -0.39 is 0 Å². The molecule has 15 heavy (non-hydrogen) atoms. The van der Waals surface area contributed by atoms with E-state index in [2.05, 4.69) is 31.3 Å². The molecule has 0 amide bonds. The predicted octanol–water partition coefficient (Wildman–Crippen LogP) is 3.72. The zero-order valence-electron chi connectivity index (χ0n) is 9.39. The minimum atomic E-state index is 0.174. The molecular formula is C13H18ClN. The van der Waals surface area contributed by atoms with Gasteiger partial charge in [-0.25, -0.2) is 0 Å². The first-order valence-electron chi connectivity index (χ1n) is 5.70. The Hall–Kier alpha value is -0.530. The van der Waals surface area contributed by atoms with Gasteiger partial charge in [-0.1, -0.05) is 36.7 Å². The summed E-state index contributed by atoms with van der Waals surface area (Å²) in [4.78, 5) is 0. The maximum Gasteiger partial charge on any atom is 0.0456 e. The third-order valence-electron chi connectivity index (χ3n) is 3.27. The molecule has 1 N–H and O–H groups in total. The summed E-state index contributed by atoms with van der Waals surface area (Å²) in [6.07, 6.45) is 3.58. The second kappa shape index (κ2) is 4.15. The number of nitrogens with one attached hydrogen (secondary N) is 1. The zero-order chi connectivity index (χ0) is 10.9. The molecule has 0 radical (unpaired) electrons. The van der Waals surface area contributed by atoms with E-state index in [-0.39, 0.29) is 5.54 Å². The minimum absolute atomic E-state index is 0.174. The van der Waals surface area contributed by atoms with Crippen LogP contribution in [0.3, 0.4) is 0 Å². The largest absolute Gasteiger partial charge is 0.305 e. The van der Waals surface area contributed by atoms with Gasteiger partial charge in [0.1, 0.15) is 0 Å². The van der Waals surface area contributed by atoms with Crippen LogP contribution in [0.15, 0.2) is 24.3 Å². The van der Waals surface area contributed by atoms with E-state index in [9.17, 15) is 0 Å². The molecule has 1 aliphatic carbocycles. The fraction of sp³-hybridized carbons (Fsp3) is 0.538. The Bertz CT molecular complexity index is 344. The van der Waals surface area contributed by atoms with E-state index in [0.717, 1.165) is 11.4 Å². The Labute approximate surface area is 96.8 Å². The van der Waals surface area contributed by atoms with Crippen molar-refractivity contribution < 1.29 is 0 Å². The van der Waals surface area contributed by atoms with Crippen LogP contribution < -0.4 is 5.32 Å². The quantitative estimate of drug-likeness (QED) is 0.821. The second-order valence-corrected chi connectivity index (χ2v) is 4.92. The molecule has 1 unspecified atom stereocenters. The van der Waals surface area contributed by atoms with E-state index >= 15 is 0 Å². The van der Waals surface area contributed by atoms with Gasteiger partial charge in [0.05, 0.1) is 0 Å². The molecule has 1 fully saturated rings. The fourth-order valence-electron chi connectivity index (χ4n) is 2.04. The van der Waals surface area contributed by atoms with Crippen LogP contribution in [0.25, 0.3) is 0 Å². The molecule has 1 aromatic rings. The van der Waals surface area contributed by atoms with Crippen molar-refractivity contribution in [2.45, 2.75) is 44.7 Å². The molecule has 0 spiro atoms. The predicted molar refractivity (Wildman–Crippen MR) is 65.3 cm³/mol. The lowest BCUT2D eigenvalue weighted by molar-refractivity contribution is 0.431. The van der Waals surface area contributed by atoms with Gasteiger partial charge < -0.3 is 5.32 Å². The molecule has 0 heterocycles. The highest BCUT2D eigenvalue weighted by atomic mass is 35.5. The Kier molecular flexibility index (Phi) is 3.03. The first kappa shape index (κ1) is 11.0. The fourth-order valence-corrected chi connectivity index (χ4v) is 2.36. The Morgan fingerprint density at radius 2 is 2.07 bits per heavy atom. The maximum absolute atomic E-state index is 6.24. The summed E-state index contributed by atoms with van der Waals surface area (Å²) in [5.41, 5.74) is 1.44. The Morgan fingerprint density at radius 3 is 2.60 bits per heavy atom. The van der Waals surface area contributed by atoms with Crippen LogP contribution in [0.2, 0.25) is 5.02 Å². The van der Waals surface area contributed by atoms with Gasteiger partial charge in [0.15, 0.2) is 0 Å². The average molecular weight is 224 g/mol. The van der Waals surface area contributed by atoms with Gasteiger partial charge in [-0.3, -0.25) is 0 Å². The van der Waals surface area contributed by atoms with Crippen molar-refractivity contribution in [3.8, 4) is 0 Å². The number of benzene rings is 1. The topological polar surface area (TPSA) is 12.0 Å². The molecule has 1 atom stereocenters. The summed E-state index contributed by atoms with van der Waals surface area (Å²) in [6.45, 7) is 4.44. The van der Waals surface area contributed by atoms with Gasteiger partial charge in [-0.15, -0.1) is 0 Å². The SMILES string of the molecule is CCC(C)NC1(c2ccccc2Cl)CC1. The van der Waals surface area contributed by atoms with Gasteiger partial charge in [-0.05, 0) is 37.8 Å². The van der Waals surface area contributed by atoms with Gasteiger partial charge in [0, 0.05) is 16.6 Å². The lowest BCUT2D eigenvalue weighted by Gasteiger charge is -2.23. The summed E-state index contributed by atoms with van der Waals surface area (Å²) in [5, 5.41) is 4.58. The van der Waals surface area contributed by atoms with Crippen molar-refractivity contribution in [2.24, 2.45) is 0 Å². The van der Waals surface area contributed by atoms with E-state index in [1.807, 2.05) is 12.1 Å². The Balaban J connectivity index is 2.19. The smallest absolute Gasteiger partial charge is 0.0456 e. The van der Waals surface area contributed by atoms with Crippen LogP contribution in [0, 0.1) is 0 Å².